The lowest BCUT2D eigenvalue weighted by atomic mass is 10.3. The summed E-state index contributed by atoms with van der Waals surface area (Å²) in [6.07, 6.45) is 3.26. The smallest absolute Gasteiger partial charge is 0.288 e. The van der Waals surface area contributed by atoms with Crippen molar-refractivity contribution in [2.45, 2.75) is 6.92 Å². The second-order valence-corrected chi connectivity index (χ2v) is 3.25. The molecular weight excluding hydrogens is 222 g/mol. The predicted octanol–water partition coefficient (Wildman–Crippen LogP) is 1.36. The van der Waals surface area contributed by atoms with E-state index >= 15 is 0 Å². The maximum absolute atomic E-state index is 10.6. The molecule has 0 aliphatic carbocycles. The van der Waals surface area contributed by atoms with Crippen LogP contribution < -0.4 is 0 Å². The summed E-state index contributed by atoms with van der Waals surface area (Å²) in [5.74, 6) is 1.12. The van der Waals surface area contributed by atoms with Crippen LogP contribution in [0.5, 0.6) is 0 Å². The van der Waals surface area contributed by atoms with E-state index in [0.717, 1.165) is 0 Å². The number of hydrogen-bond donors (Lipinski definition) is 0. The van der Waals surface area contributed by atoms with E-state index in [2.05, 4.69) is 9.97 Å². The van der Waals surface area contributed by atoms with Gasteiger partial charge in [0.1, 0.15) is 17.7 Å². The van der Waals surface area contributed by atoms with Crippen molar-refractivity contribution in [3.63, 3.8) is 0 Å². The fourth-order valence-corrected chi connectivity index (χ4v) is 1.43. The van der Waals surface area contributed by atoms with Crippen LogP contribution in [-0.2, 0) is 0 Å². The molecule has 0 amide bonds. The molecule has 7 heteroatoms. The first kappa shape index (κ1) is 10.8. The van der Waals surface area contributed by atoms with Gasteiger partial charge < -0.3 is 0 Å². The first-order chi connectivity index (χ1) is 8.13. The van der Waals surface area contributed by atoms with Crippen molar-refractivity contribution in [3.8, 4) is 11.9 Å². The fourth-order valence-electron chi connectivity index (χ4n) is 1.43. The summed E-state index contributed by atoms with van der Waals surface area (Å²) in [4.78, 5) is 18.0. The Morgan fingerprint density at radius 3 is 2.82 bits per heavy atom. The highest BCUT2D eigenvalue weighted by atomic mass is 16.6. The van der Waals surface area contributed by atoms with Crippen molar-refractivity contribution in [1.29, 1.82) is 5.26 Å². The summed E-state index contributed by atoms with van der Waals surface area (Å²) < 4.78 is 1.64. The standard InChI is InChI=1S/C10H7N5O2/c1-7-12-4-5-14(7)10-3-2-9(15(16)17)8(6-11)13-10/h2-5H,1H3. The minimum absolute atomic E-state index is 0.208. The molecule has 0 radical (unpaired) electrons. The third-order valence-corrected chi connectivity index (χ3v) is 2.23. The highest BCUT2D eigenvalue weighted by Crippen LogP contribution is 2.18. The molecule has 0 spiro atoms. The van der Waals surface area contributed by atoms with E-state index in [-0.39, 0.29) is 11.4 Å². The zero-order chi connectivity index (χ0) is 12.4. The summed E-state index contributed by atoms with van der Waals surface area (Å²) in [6.45, 7) is 1.77. The Hall–Kier alpha value is -2.75. The number of rotatable bonds is 2. The monoisotopic (exact) mass is 229 g/mol. The molecule has 84 valence electrons. The average molecular weight is 229 g/mol. The lowest BCUT2D eigenvalue weighted by molar-refractivity contribution is -0.385. The van der Waals surface area contributed by atoms with Gasteiger partial charge in [0.05, 0.1) is 4.92 Å². The third kappa shape index (κ3) is 1.83. The molecule has 0 fully saturated rings. The average Bonchev–Trinajstić information content (AvgIpc) is 2.74. The van der Waals surface area contributed by atoms with E-state index in [1.54, 1.807) is 30.0 Å². The zero-order valence-electron chi connectivity index (χ0n) is 8.86. The van der Waals surface area contributed by atoms with Gasteiger partial charge in [0.15, 0.2) is 0 Å². The summed E-state index contributed by atoms with van der Waals surface area (Å²) in [5, 5.41) is 19.5. The molecule has 0 saturated carbocycles. The van der Waals surface area contributed by atoms with E-state index in [1.165, 1.54) is 12.1 Å². The van der Waals surface area contributed by atoms with E-state index < -0.39 is 4.92 Å². The lowest BCUT2D eigenvalue weighted by Gasteiger charge is -2.03. The van der Waals surface area contributed by atoms with Crippen molar-refractivity contribution < 1.29 is 4.92 Å². The predicted molar refractivity (Wildman–Crippen MR) is 57.5 cm³/mol. The van der Waals surface area contributed by atoms with Crippen LogP contribution in [0.1, 0.15) is 11.5 Å². The molecule has 2 aromatic rings. The van der Waals surface area contributed by atoms with Gasteiger partial charge in [-0.25, -0.2) is 9.97 Å². The van der Waals surface area contributed by atoms with Gasteiger partial charge in [-0.2, -0.15) is 5.26 Å². The van der Waals surface area contributed by atoms with Crippen molar-refractivity contribution in [1.82, 2.24) is 14.5 Å². The number of nitrogens with zero attached hydrogens (tertiary/aromatic N) is 5. The second-order valence-electron chi connectivity index (χ2n) is 3.25. The van der Waals surface area contributed by atoms with E-state index in [1.807, 2.05) is 0 Å². The fraction of sp³-hybridized carbons (Fsp3) is 0.100. The maximum Gasteiger partial charge on any atom is 0.305 e. The SMILES string of the molecule is Cc1nccn1-c1ccc([N+](=O)[O-])c(C#N)n1. The Balaban J connectivity index is 2.58. The van der Waals surface area contributed by atoms with Gasteiger partial charge in [-0.1, -0.05) is 0 Å². The van der Waals surface area contributed by atoms with Gasteiger partial charge in [-0.15, -0.1) is 0 Å². The first-order valence-electron chi connectivity index (χ1n) is 4.69. The number of aromatic nitrogens is 3. The van der Waals surface area contributed by atoms with Gasteiger partial charge in [0.25, 0.3) is 0 Å². The van der Waals surface area contributed by atoms with Gasteiger partial charge in [-0.3, -0.25) is 14.7 Å². The molecule has 0 saturated heterocycles. The number of nitriles is 1. The van der Waals surface area contributed by atoms with Crippen LogP contribution in [0.3, 0.4) is 0 Å². The number of pyridine rings is 1. The molecule has 2 aromatic heterocycles. The molecule has 17 heavy (non-hydrogen) atoms. The van der Waals surface area contributed by atoms with Gasteiger partial charge in [0, 0.05) is 18.5 Å². The number of imidazole rings is 1. The molecule has 0 N–H and O–H groups in total. The second kappa shape index (κ2) is 4.02. The molecule has 0 aliphatic rings. The topological polar surface area (TPSA) is 97.6 Å². The normalized spacial score (nSPS) is 9.88. The van der Waals surface area contributed by atoms with Crippen LogP contribution >= 0.6 is 0 Å². The Bertz CT molecular complexity index is 626. The van der Waals surface area contributed by atoms with Gasteiger partial charge >= 0.3 is 5.69 Å². The number of nitro groups is 1. The lowest BCUT2D eigenvalue weighted by Crippen LogP contribution is -2.02. The van der Waals surface area contributed by atoms with E-state index in [4.69, 9.17) is 5.26 Å². The largest absolute Gasteiger partial charge is 0.305 e. The van der Waals surface area contributed by atoms with E-state index in [9.17, 15) is 10.1 Å². The van der Waals surface area contributed by atoms with Crippen LogP contribution in [0, 0.1) is 28.4 Å². The summed E-state index contributed by atoms with van der Waals surface area (Å²) in [7, 11) is 0. The van der Waals surface area contributed by atoms with Crippen molar-refractivity contribution in [2.24, 2.45) is 0 Å². The van der Waals surface area contributed by atoms with Crippen molar-refractivity contribution >= 4 is 5.69 Å². The minimum Gasteiger partial charge on any atom is -0.288 e. The molecule has 0 aliphatic heterocycles. The zero-order valence-corrected chi connectivity index (χ0v) is 8.86. The molecule has 0 atom stereocenters. The molecule has 0 bridgehead atoms. The van der Waals surface area contributed by atoms with Crippen LogP contribution in [0.2, 0.25) is 0 Å². The van der Waals surface area contributed by atoms with Crippen molar-refractivity contribution in [2.75, 3.05) is 0 Å². The Labute approximate surface area is 96.1 Å². The van der Waals surface area contributed by atoms with Crippen LogP contribution in [0.15, 0.2) is 24.5 Å². The molecule has 7 nitrogen and oxygen atoms in total. The highest BCUT2D eigenvalue weighted by molar-refractivity contribution is 5.47. The Kier molecular flexibility index (Phi) is 2.54. The molecule has 2 heterocycles. The Morgan fingerprint density at radius 1 is 1.53 bits per heavy atom. The number of aryl methyl sites for hydroxylation is 1. The molecule has 0 unspecified atom stereocenters. The highest BCUT2D eigenvalue weighted by Gasteiger charge is 2.16. The minimum atomic E-state index is -0.629. The summed E-state index contributed by atoms with van der Waals surface area (Å²) in [5.41, 5.74) is -0.505. The van der Waals surface area contributed by atoms with Crippen molar-refractivity contribution in [3.05, 3.63) is 46.2 Å². The van der Waals surface area contributed by atoms with Gasteiger partial charge in [-0.05, 0) is 13.0 Å². The molecule has 2 rings (SSSR count). The van der Waals surface area contributed by atoms with E-state index in [0.29, 0.717) is 11.6 Å². The van der Waals surface area contributed by atoms with Crippen LogP contribution in [-0.4, -0.2) is 19.5 Å². The van der Waals surface area contributed by atoms with Crippen LogP contribution in [0.4, 0.5) is 5.69 Å². The van der Waals surface area contributed by atoms with Crippen LogP contribution in [0.25, 0.3) is 5.82 Å². The molecule has 0 aromatic carbocycles. The summed E-state index contributed by atoms with van der Waals surface area (Å²) in [6, 6.07) is 4.46. The number of hydrogen-bond acceptors (Lipinski definition) is 5. The van der Waals surface area contributed by atoms with Gasteiger partial charge in [0.2, 0.25) is 5.69 Å². The maximum atomic E-state index is 10.6. The molecular formula is C10H7N5O2. The first-order valence-corrected chi connectivity index (χ1v) is 4.69. The Morgan fingerprint density at radius 2 is 2.29 bits per heavy atom. The third-order valence-electron chi connectivity index (χ3n) is 2.23. The summed E-state index contributed by atoms with van der Waals surface area (Å²) >= 11 is 0. The quantitative estimate of drug-likeness (QED) is 0.571.